The first-order chi connectivity index (χ1) is 17.0. The van der Waals surface area contributed by atoms with Crippen molar-refractivity contribution < 1.29 is 17.9 Å². The van der Waals surface area contributed by atoms with Gasteiger partial charge in [-0.2, -0.15) is 0 Å². The number of halogens is 1. The van der Waals surface area contributed by atoms with Gasteiger partial charge in [0.2, 0.25) is 0 Å². The van der Waals surface area contributed by atoms with Crippen LogP contribution >= 0.6 is 31.2 Å². The van der Waals surface area contributed by atoms with Gasteiger partial charge >= 0.3 is 226 Å². The number of hydrogen-bond acceptors (Lipinski definition) is 6. The molecule has 0 spiro atoms. The van der Waals surface area contributed by atoms with Crippen LogP contribution in [-0.2, 0) is 20.2 Å². The van der Waals surface area contributed by atoms with E-state index in [0.717, 1.165) is 31.8 Å². The molecule has 0 saturated heterocycles. The van der Waals surface area contributed by atoms with Crippen molar-refractivity contribution in [2.75, 3.05) is 11.5 Å². The molecule has 3 aromatic rings. The Morgan fingerprint density at radius 3 is 2.58 bits per heavy atom. The van der Waals surface area contributed by atoms with E-state index in [1.807, 2.05) is 57.4 Å². The number of aromatic nitrogens is 1. The number of hydrogen-bond donors (Lipinski definition) is 1. The first-order valence-corrected chi connectivity index (χ1v) is 17.8. The number of ether oxygens (including phenoxy) is 1. The monoisotopic (exact) mass is 638 g/mol. The third-order valence-electron chi connectivity index (χ3n) is 6.02. The molecular weight excluding hydrogens is 607 g/mol. The van der Waals surface area contributed by atoms with Crippen LogP contribution < -0.4 is 9.46 Å². The molecule has 2 aromatic carbocycles. The molecule has 6 nitrogen and oxygen atoms in total. The van der Waals surface area contributed by atoms with Crippen LogP contribution in [0.4, 0.5) is 0 Å². The summed E-state index contributed by atoms with van der Waals surface area (Å²) >= 11 is -0.491. The van der Waals surface area contributed by atoms with Crippen molar-refractivity contribution >= 4 is 53.2 Å². The van der Waals surface area contributed by atoms with Gasteiger partial charge in [-0.15, -0.1) is 0 Å². The molecule has 2 heterocycles. The van der Waals surface area contributed by atoms with Gasteiger partial charge in [0.15, 0.2) is 0 Å². The number of thiazole rings is 1. The number of aryl methyl sites for hydroxylation is 1. The summed E-state index contributed by atoms with van der Waals surface area (Å²) in [4.78, 5) is 18.1. The second-order valence-electron chi connectivity index (χ2n) is 9.46. The van der Waals surface area contributed by atoms with Gasteiger partial charge < -0.3 is 0 Å². The zero-order valence-electron chi connectivity index (χ0n) is 21.3. The topological polar surface area (TPSA) is 85.4 Å². The van der Waals surface area contributed by atoms with Crippen LogP contribution in [0, 0.1) is 10.5 Å². The van der Waals surface area contributed by atoms with Crippen LogP contribution in [0.3, 0.4) is 0 Å². The van der Waals surface area contributed by atoms with E-state index < -0.39 is 39.7 Å². The zero-order valence-corrected chi connectivity index (χ0v) is 25.0. The Labute approximate surface area is 224 Å². The van der Waals surface area contributed by atoms with E-state index >= 15 is 0 Å². The number of nitrogens with one attached hydrogen (secondary N) is 1. The second kappa shape index (κ2) is 10.3. The predicted octanol–water partition coefficient (Wildman–Crippen LogP) is 6.02. The first-order valence-electron chi connectivity index (χ1n) is 11.6. The molecule has 1 aliphatic rings. The normalized spacial score (nSPS) is 16.5. The molecule has 9 heteroatoms. The SMILES string of the molecule is CCI1c2cccc(-c3csc(C)n3)c2C=CC1C(=O)NS(=O)(=O)c1cc(C(C)(C)C)ccc1OC. The van der Waals surface area contributed by atoms with Crippen LogP contribution in [0.2, 0.25) is 0 Å². The number of amides is 1. The molecule has 1 N–H and O–H groups in total. The molecule has 1 aromatic heterocycles. The number of alkyl halides is 2. The molecular formula is C27H31IN2O4S2. The summed E-state index contributed by atoms with van der Waals surface area (Å²) in [5.74, 6) is -0.274. The Bertz CT molecular complexity index is 1440. The third kappa shape index (κ3) is 5.24. The zero-order chi connectivity index (χ0) is 26.3. The van der Waals surface area contributed by atoms with Crippen LogP contribution in [0.25, 0.3) is 17.3 Å². The van der Waals surface area contributed by atoms with Crippen molar-refractivity contribution in [2.24, 2.45) is 0 Å². The number of nitrogens with zero attached hydrogens (tertiary/aromatic N) is 1. The fourth-order valence-corrected chi connectivity index (χ4v) is 12.1. The van der Waals surface area contributed by atoms with E-state index in [9.17, 15) is 13.2 Å². The van der Waals surface area contributed by atoms with E-state index in [1.165, 1.54) is 10.7 Å². The number of carbonyl (C=O) groups excluding carboxylic acids is 1. The molecule has 0 aliphatic carbocycles. The Morgan fingerprint density at radius 1 is 1.22 bits per heavy atom. The third-order valence-corrected chi connectivity index (χ3v) is 14.8. The van der Waals surface area contributed by atoms with Crippen molar-refractivity contribution in [3.8, 4) is 17.0 Å². The van der Waals surface area contributed by atoms with Crippen LogP contribution in [0.15, 0.2) is 52.7 Å². The van der Waals surface area contributed by atoms with Crippen molar-refractivity contribution in [3.63, 3.8) is 0 Å². The molecule has 1 unspecified atom stereocenters. The van der Waals surface area contributed by atoms with Gasteiger partial charge in [-0.1, -0.05) is 0 Å². The summed E-state index contributed by atoms with van der Waals surface area (Å²) < 4.78 is 36.1. The van der Waals surface area contributed by atoms with Gasteiger partial charge in [-0.3, -0.25) is 0 Å². The molecule has 1 atom stereocenters. The second-order valence-corrected chi connectivity index (χ2v) is 18.5. The molecule has 36 heavy (non-hydrogen) atoms. The number of rotatable bonds is 6. The van der Waals surface area contributed by atoms with Crippen molar-refractivity contribution in [1.29, 1.82) is 0 Å². The molecule has 192 valence electrons. The van der Waals surface area contributed by atoms with E-state index in [-0.39, 0.29) is 16.1 Å². The van der Waals surface area contributed by atoms with E-state index in [4.69, 9.17) is 4.74 Å². The Hall–Kier alpha value is -2.24. The summed E-state index contributed by atoms with van der Waals surface area (Å²) in [7, 11) is -2.71. The van der Waals surface area contributed by atoms with E-state index in [2.05, 4.69) is 28.8 Å². The first kappa shape index (κ1) is 26.8. The summed E-state index contributed by atoms with van der Waals surface area (Å²) in [6, 6.07) is 11.2. The quantitative estimate of drug-likeness (QED) is 0.264. The van der Waals surface area contributed by atoms with Crippen molar-refractivity contribution in [2.45, 2.75) is 48.9 Å². The van der Waals surface area contributed by atoms with Gasteiger partial charge in [-0.05, 0) is 0 Å². The Kier molecular flexibility index (Phi) is 7.64. The summed E-state index contributed by atoms with van der Waals surface area (Å²) in [6.45, 7) is 10.1. The average molecular weight is 639 g/mol. The van der Waals surface area contributed by atoms with Crippen LogP contribution in [0.5, 0.6) is 5.75 Å². The van der Waals surface area contributed by atoms with Crippen LogP contribution in [-0.4, -0.2) is 34.8 Å². The summed E-state index contributed by atoms with van der Waals surface area (Å²) in [5.41, 5.74) is 3.67. The fourth-order valence-electron chi connectivity index (χ4n) is 4.14. The predicted molar refractivity (Wildman–Crippen MR) is 155 cm³/mol. The standard InChI is InChI=1S/C27H31IN2O4S2/c1-7-28-21-10-8-9-20(23-16-35-17(2)29-23)19(21)12-13-22(28)26(31)30-36(32,33)25-15-18(27(3,4)5)11-14-24(25)34-6/h8-16,22H,7H2,1-6H3,(H,30,31). The van der Waals surface area contributed by atoms with Crippen LogP contribution in [0.1, 0.15) is 43.8 Å². The minimum atomic E-state index is -4.13. The number of benzene rings is 2. The Balaban J connectivity index is 1.67. The molecule has 0 fully saturated rings. The number of sulfonamides is 1. The average Bonchev–Trinajstić information content (AvgIpc) is 3.27. The summed E-state index contributed by atoms with van der Waals surface area (Å²) in [6.07, 6.45) is 3.84. The summed E-state index contributed by atoms with van der Waals surface area (Å²) in [5, 5.41) is 3.05. The minimum absolute atomic E-state index is 0.0241. The number of fused-ring (bicyclic) bond motifs is 1. The molecule has 1 amide bonds. The number of carbonyl (C=O) groups is 1. The van der Waals surface area contributed by atoms with Gasteiger partial charge in [0.1, 0.15) is 0 Å². The van der Waals surface area contributed by atoms with E-state index in [0.29, 0.717) is 0 Å². The Morgan fingerprint density at radius 2 is 1.97 bits per heavy atom. The number of methoxy groups -OCH3 is 1. The molecule has 0 saturated carbocycles. The van der Waals surface area contributed by atoms with Crippen molar-refractivity contribution in [3.05, 3.63) is 67.6 Å². The van der Waals surface area contributed by atoms with Gasteiger partial charge in [0, 0.05) is 0 Å². The maximum absolute atomic E-state index is 13.5. The molecule has 4 rings (SSSR count). The van der Waals surface area contributed by atoms with Gasteiger partial charge in [0.05, 0.1) is 0 Å². The van der Waals surface area contributed by atoms with Gasteiger partial charge in [-0.25, -0.2) is 0 Å². The van der Waals surface area contributed by atoms with Crippen molar-refractivity contribution in [1.82, 2.24) is 9.71 Å². The fraction of sp³-hybridized carbons (Fsp3) is 0.333. The molecule has 1 aliphatic heterocycles. The van der Waals surface area contributed by atoms with E-state index in [1.54, 1.807) is 23.5 Å². The maximum atomic E-state index is 13.5. The molecule has 0 radical (unpaired) electrons. The molecule has 0 bridgehead atoms. The van der Waals surface area contributed by atoms with Gasteiger partial charge in [0.25, 0.3) is 0 Å².